The number of fused-ring (bicyclic) bond motifs is 1. The van der Waals surface area contributed by atoms with Crippen LogP contribution < -0.4 is 15.8 Å². The maximum Gasteiger partial charge on any atom is 0.424 e. The Balaban J connectivity index is 1.86. The Morgan fingerprint density at radius 2 is 1.92 bits per heavy atom. The second kappa shape index (κ2) is 8.82. The lowest BCUT2D eigenvalue weighted by Crippen LogP contribution is -2.52. The number of amides is 2. The predicted octanol–water partition coefficient (Wildman–Crippen LogP) is 1.99. The van der Waals surface area contributed by atoms with Gasteiger partial charge in [0, 0.05) is 23.5 Å². The SMILES string of the molecule is C[C@]1(C(N)=O)COc2c1cc(C(O)(CNC(=O)c1cnccn1)C(F)(F)F)nc2-c1ccc(F)cc1. The number of alkyl halides is 3. The van der Waals surface area contributed by atoms with Crippen LogP contribution in [0.1, 0.15) is 28.7 Å². The summed E-state index contributed by atoms with van der Waals surface area (Å²) in [6.07, 6.45) is -1.84. The summed E-state index contributed by atoms with van der Waals surface area (Å²) < 4.78 is 62.0. The van der Waals surface area contributed by atoms with Gasteiger partial charge in [0.1, 0.15) is 35.0 Å². The molecule has 3 heterocycles. The van der Waals surface area contributed by atoms with E-state index in [4.69, 9.17) is 10.5 Å². The molecule has 0 radical (unpaired) electrons. The van der Waals surface area contributed by atoms with E-state index in [2.05, 4.69) is 15.0 Å². The highest BCUT2D eigenvalue weighted by Crippen LogP contribution is 2.47. The minimum absolute atomic E-state index is 0.0280. The number of carbonyl (C=O) groups excluding carboxylic acids is 2. The molecule has 1 aliphatic rings. The van der Waals surface area contributed by atoms with Crippen molar-refractivity contribution in [1.82, 2.24) is 20.3 Å². The van der Waals surface area contributed by atoms with Crippen molar-refractivity contribution in [2.24, 2.45) is 5.73 Å². The molecule has 0 saturated carbocycles. The van der Waals surface area contributed by atoms with Gasteiger partial charge < -0.3 is 20.9 Å². The highest BCUT2D eigenvalue weighted by atomic mass is 19.4. The number of pyridine rings is 1. The van der Waals surface area contributed by atoms with Gasteiger partial charge in [-0.3, -0.25) is 14.6 Å². The second-order valence-corrected chi connectivity index (χ2v) is 8.36. The number of nitrogens with two attached hydrogens (primary N) is 1. The van der Waals surface area contributed by atoms with Crippen LogP contribution >= 0.6 is 0 Å². The maximum atomic E-state index is 14.3. The lowest BCUT2D eigenvalue weighted by atomic mass is 9.81. The third kappa shape index (κ3) is 4.21. The Labute approximate surface area is 201 Å². The molecule has 0 saturated heterocycles. The van der Waals surface area contributed by atoms with Crippen LogP contribution in [0.25, 0.3) is 11.3 Å². The number of ether oxygens (including phenoxy) is 1. The summed E-state index contributed by atoms with van der Waals surface area (Å²) in [4.78, 5) is 35.9. The van der Waals surface area contributed by atoms with Gasteiger partial charge in [-0.15, -0.1) is 0 Å². The molecular weight excluding hydrogens is 486 g/mol. The van der Waals surface area contributed by atoms with Crippen LogP contribution in [0.5, 0.6) is 5.75 Å². The van der Waals surface area contributed by atoms with Crippen LogP contribution in [-0.4, -0.2) is 51.2 Å². The summed E-state index contributed by atoms with van der Waals surface area (Å²) in [5.74, 6) is -2.53. The maximum absolute atomic E-state index is 14.3. The number of rotatable bonds is 6. The van der Waals surface area contributed by atoms with E-state index in [0.29, 0.717) is 0 Å². The number of nitrogens with one attached hydrogen (secondary N) is 1. The molecule has 4 N–H and O–H groups in total. The zero-order valence-corrected chi connectivity index (χ0v) is 18.6. The van der Waals surface area contributed by atoms with Crippen LogP contribution in [0.2, 0.25) is 0 Å². The van der Waals surface area contributed by atoms with E-state index in [9.17, 15) is 32.3 Å². The van der Waals surface area contributed by atoms with Gasteiger partial charge in [0.15, 0.2) is 0 Å². The molecule has 0 bridgehead atoms. The molecule has 0 fully saturated rings. The van der Waals surface area contributed by atoms with Gasteiger partial charge in [-0.2, -0.15) is 13.2 Å². The summed E-state index contributed by atoms with van der Waals surface area (Å²) >= 11 is 0. The minimum Gasteiger partial charge on any atom is -0.489 e. The van der Waals surface area contributed by atoms with E-state index >= 15 is 0 Å². The summed E-state index contributed by atoms with van der Waals surface area (Å²) in [5.41, 5.74) is -0.969. The van der Waals surface area contributed by atoms with Crippen molar-refractivity contribution in [2.75, 3.05) is 13.2 Å². The van der Waals surface area contributed by atoms with Crippen molar-refractivity contribution < 1.29 is 37.0 Å². The van der Waals surface area contributed by atoms with Crippen molar-refractivity contribution in [1.29, 1.82) is 0 Å². The van der Waals surface area contributed by atoms with E-state index in [-0.39, 0.29) is 34.9 Å². The average molecular weight is 505 g/mol. The van der Waals surface area contributed by atoms with Crippen LogP contribution in [0.3, 0.4) is 0 Å². The summed E-state index contributed by atoms with van der Waals surface area (Å²) in [7, 11) is 0. The third-order valence-electron chi connectivity index (χ3n) is 5.93. The molecule has 1 aromatic carbocycles. The topological polar surface area (TPSA) is 140 Å². The Morgan fingerprint density at radius 3 is 2.50 bits per heavy atom. The Bertz CT molecular complexity index is 1320. The molecule has 2 amide bonds. The van der Waals surface area contributed by atoms with Crippen LogP contribution in [0.4, 0.5) is 17.6 Å². The van der Waals surface area contributed by atoms with E-state index in [1.54, 1.807) is 0 Å². The number of aliphatic hydroxyl groups is 1. The summed E-state index contributed by atoms with van der Waals surface area (Å²) in [5, 5.41) is 12.9. The van der Waals surface area contributed by atoms with Gasteiger partial charge in [-0.1, -0.05) is 0 Å². The number of nitrogens with zero attached hydrogens (tertiary/aromatic N) is 3. The number of hydrogen-bond acceptors (Lipinski definition) is 7. The molecule has 2 atom stereocenters. The summed E-state index contributed by atoms with van der Waals surface area (Å²) in [6.45, 7) is -0.249. The molecule has 1 unspecified atom stereocenters. The van der Waals surface area contributed by atoms with E-state index < -0.39 is 47.1 Å². The van der Waals surface area contributed by atoms with Crippen molar-refractivity contribution in [2.45, 2.75) is 24.1 Å². The molecule has 2 aromatic heterocycles. The number of aromatic nitrogens is 3. The van der Waals surface area contributed by atoms with Gasteiger partial charge in [0.2, 0.25) is 11.5 Å². The molecular formula is C23H19F4N5O4. The van der Waals surface area contributed by atoms with E-state index in [1.807, 2.05) is 5.32 Å². The standard InChI is InChI=1S/C23H19F4N5O4/c1-21(20(28)34)11-36-18-14(21)8-16(32-17(18)12-2-4-13(24)5-3-12)22(35,23(25,26)27)10-31-19(33)15-9-29-6-7-30-15/h2-9,35H,10-11H2,1H3,(H2,28,34)(H,31,33)/t21-,22?/m0/s1. The van der Waals surface area contributed by atoms with Crippen LogP contribution in [0.15, 0.2) is 48.9 Å². The third-order valence-corrected chi connectivity index (χ3v) is 5.93. The predicted molar refractivity (Wildman–Crippen MR) is 116 cm³/mol. The molecule has 13 heteroatoms. The fourth-order valence-corrected chi connectivity index (χ4v) is 3.65. The molecule has 0 spiro atoms. The fourth-order valence-electron chi connectivity index (χ4n) is 3.65. The minimum atomic E-state index is -5.33. The highest BCUT2D eigenvalue weighted by Gasteiger charge is 2.57. The Morgan fingerprint density at radius 1 is 1.22 bits per heavy atom. The first kappa shape index (κ1) is 25.0. The van der Waals surface area contributed by atoms with Crippen LogP contribution in [-0.2, 0) is 15.8 Å². The molecule has 4 rings (SSSR count). The zero-order valence-electron chi connectivity index (χ0n) is 18.6. The fraction of sp³-hybridized carbons (Fsp3) is 0.261. The van der Waals surface area contributed by atoms with Gasteiger partial charge in [0.25, 0.3) is 5.91 Å². The lowest BCUT2D eigenvalue weighted by Gasteiger charge is -2.31. The zero-order chi connectivity index (χ0) is 26.3. The number of benzene rings is 1. The first-order chi connectivity index (χ1) is 16.9. The Hall–Kier alpha value is -4.13. The molecule has 3 aromatic rings. The lowest BCUT2D eigenvalue weighted by molar-refractivity contribution is -0.265. The van der Waals surface area contributed by atoms with Crippen molar-refractivity contribution in [3.8, 4) is 17.0 Å². The smallest absolute Gasteiger partial charge is 0.424 e. The largest absolute Gasteiger partial charge is 0.489 e. The van der Waals surface area contributed by atoms with Crippen LogP contribution in [0, 0.1) is 5.82 Å². The Kier molecular flexibility index (Phi) is 6.12. The molecule has 0 aliphatic carbocycles. The van der Waals surface area contributed by atoms with Gasteiger partial charge in [-0.25, -0.2) is 14.4 Å². The molecule has 36 heavy (non-hydrogen) atoms. The highest BCUT2D eigenvalue weighted by molar-refractivity contribution is 5.92. The van der Waals surface area contributed by atoms with Crippen molar-refractivity contribution >= 4 is 11.8 Å². The molecule has 188 valence electrons. The summed E-state index contributed by atoms with van der Waals surface area (Å²) in [6, 6.07) is 5.52. The number of hydrogen-bond donors (Lipinski definition) is 3. The molecule has 9 nitrogen and oxygen atoms in total. The van der Waals surface area contributed by atoms with Crippen molar-refractivity contribution in [3.05, 3.63) is 71.7 Å². The number of carbonyl (C=O) groups is 2. The number of halogens is 4. The van der Waals surface area contributed by atoms with E-state index in [1.165, 1.54) is 31.5 Å². The first-order valence-corrected chi connectivity index (χ1v) is 10.4. The van der Waals surface area contributed by atoms with Gasteiger partial charge in [-0.05, 0) is 37.3 Å². The van der Waals surface area contributed by atoms with Crippen molar-refractivity contribution in [3.63, 3.8) is 0 Å². The molecule has 1 aliphatic heterocycles. The van der Waals surface area contributed by atoms with E-state index in [0.717, 1.165) is 24.4 Å². The quantitative estimate of drug-likeness (QED) is 0.435. The first-order valence-electron chi connectivity index (χ1n) is 10.4. The average Bonchev–Trinajstić information content (AvgIpc) is 3.20. The van der Waals surface area contributed by atoms with Gasteiger partial charge in [0.05, 0.1) is 18.4 Å². The number of primary amides is 1. The monoisotopic (exact) mass is 505 g/mol. The normalized spacial score (nSPS) is 18.6. The second-order valence-electron chi connectivity index (χ2n) is 8.36. The van der Waals surface area contributed by atoms with Gasteiger partial charge >= 0.3 is 6.18 Å².